The van der Waals surface area contributed by atoms with Crippen molar-refractivity contribution in [1.29, 1.82) is 0 Å². The summed E-state index contributed by atoms with van der Waals surface area (Å²) in [4.78, 5) is 0. The summed E-state index contributed by atoms with van der Waals surface area (Å²) in [5.74, 6) is 0.137. The van der Waals surface area contributed by atoms with E-state index in [2.05, 4.69) is 21.1 Å². The van der Waals surface area contributed by atoms with Gasteiger partial charge in [0, 0.05) is 5.56 Å². The lowest BCUT2D eigenvalue weighted by molar-refractivity contribution is 0.434. The molecule has 2 heterocycles. The van der Waals surface area contributed by atoms with Gasteiger partial charge in [-0.15, -0.1) is 0 Å². The summed E-state index contributed by atoms with van der Waals surface area (Å²) in [6, 6.07) is 5.72. The molecule has 0 fully saturated rings. The number of nitrogens with zero attached hydrogens (tertiary/aromatic N) is 1. The monoisotopic (exact) mass is 356 g/mol. The molecule has 0 radical (unpaired) electrons. The average molecular weight is 358 g/mol. The van der Waals surface area contributed by atoms with Crippen LogP contribution in [0.2, 0.25) is 5.02 Å². The Morgan fingerprint density at radius 3 is 2.70 bits per heavy atom. The standard InChI is InChI=1S/C13H7BrClFN2O2/c14-12-8(3-4-19-12)11-10(13(17)18-20-11)7-2-1-6(16)5-9(7)15/h1-5H,(H2,17,18). The summed E-state index contributed by atoms with van der Waals surface area (Å²) in [6.45, 7) is 0. The minimum atomic E-state index is -0.431. The first kappa shape index (κ1) is 13.2. The quantitative estimate of drug-likeness (QED) is 0.719. The van der Waals surface area contributed by atoms with E-state index in [4.69, 9.17) is 26.3 Å². The number of furan rings is 1. The van der Waals surface area contributed by atoms with Crippen LogP contribution in [0.1, 0.15) is 0 Å². The Kier molecular flexibility index (Phi) is 3.27. The summed E-state index contributed by atoms with van der Waals surface area (Å²) in [5, 5.41) is 3.96. The van der Waals surface area contributed by atoms with Gasteiger partial charge in [-0.1, -0.05) is 16.8 Å². The molecule has 0 unspecified atom stereocenters. The lowest BCUT2D eigenvalue weighted by atomic mass is 10.0. The number of halogens is 3. The van der Waals surface area contributed by atoms with Crippen molar-refractivity contribution in [3.8, 4) is 22.5 Å². The maximum absolute atomic E-state index is 13.2. The maximum Gasteiger partial charge on any atom is 0.181 e. The first-order valence-electron chi connectivity index (χ1n) is 5.52. The third-order valence-electron chi connectivity index (χ3n) is 2.78. The number of aromatic nitrogens is 1. The van der Waals surface area contributed by atoms with Crippen LogP contribution < -0.4 is 5.73 Å². The zero-order valence-electron chi connectivity index (χ0n) is 9.86. The molecule has 0 spiro atoms. The van der Waals surface area contributed by atoms with Gasteiger partial charge in [-0.05, 0) is 40.2 Å². The van der Waals surface area contributed by atoms with Crippen LogP contribution in [0.5, 0.6) is 0 Å². The van der Waals surface area contributed by atoms with Crippen molar-refractivity contribution in [3.63, 3.8) is 0 Å². The molecule has 0 aliphatic heterocycles. The highest BCUT2D eigenvalue weighted by molar-refractivity contribution is 9.10. The fourth-order valence-corrected chi connectivity index (χ4v) is 2.58. The summed E-state index contributed by atoms with van der Waals surface area (Å²) < 4.78 is 24.0. The van der Waals surface area contributed by atoms with Crippen LogP contribution in [0.25, 0.3) is 22.5 Å². The number of hydrogen-bond acceptors (Lipinski definition) is 4. The lowest BCUT2D eigenvalue weighted by Gasteiger charge is -2.04. The highest BCUT2D eigenvalue weighted by Gasteiger charge is 2.22. The highest BCUT2D eigenvalue weighted by Crippen LogP contribution is 2.42. The average Bonchev–Trinajstić information content (AvgIpc) is 2.96. The molecule has 3 rings (SSSR count). The van der Waals surface area contributed by atoms with Gasteiger partial charge in [-0.25, -0.2) is 4.39 Å². The van der Waals surface area contributed by atoms with Crippen LogP contribution in [0.4, 0.5) is 10.2 Å². The van der Waals surface area contributed by atoms with Crippen molar-refractivity contribution in [2.75, 3.05) is 5.73 Å². The first-order valence-corrected chi connectivity index (χ1v) is 6.69. The maximum atomic E-state index is 13.2. The number of nitrogen functional groups attached to an aromatic ring is 1. The van der Waals surface area contributed by atoms with E-state index >= 15 is 0 Å². The van der Waals surface area contributed by atoms with E-state index in [0.717, 1.165) is 0 Å². The largest absolute Gasteiger partial charge is 0.457 e. The molecule has 0 aliphatic rings. The zero-order chi connectivity index (χ0) is 14.3. The van der Waals surface area contributed by atoms with E-state index in [0.29, 0.717) is 27.1 Å². The predicted molar refractivity (Wildman–Crippen MR) is 76.7 cm³/mol. The molecule has 20 heavy (non-hydrogen) atoms. The van der Waals surface area contributed by atoms with Crippen molar-refractivity contribution in [2.24, 2.45) is 0 Å². The fourth-order valence-electron chi connectivity index (χ4n) is 1.89. The van der Waals surface area contributed by atoms with Gasteiger partial charge in [0.15, 0.2) is 16.2 Å². The van der Waals surface area contributed by atoms with E-state index in [1.807, 2.05) is 0 Å². The molecule has 0 atom stereocenters. The van der Waals surface area contributed by atoms with Crippen LogP contribution in [-0.2, 0) is 0 Å². The summed E-state index contributed by atoms with van der Waals surface area (Å²) >= 11 is 9.33. The first-order chi connectivity index (χ1) is 9.58. The summed E-state index contributed by atoms with van der Waals surface area (Å²) in [6.07, 6.45) is 1.49. The molecule has 1 aromatic carbocycles. The third kappa shape index (κ3) is 2.10. The van der Waals surface area contributed by atoms with Gasteiger partial charge in [-0.3, -0.25) is 0 Å². The fraction of sp³-hybridized carbons (Fsp3) is 0. The minimum Gasteiger partial charge on any atom is -0.457 e. The Morgan fingerprint density at radius 1 is 1.25 bits per heavy atom. The van der Waals surface area contributed by atoms with Crippen molar-refractivity contribution in [3.05, 3.63) is 46.0 Å². The SMILES string of the molecule is Nc1noc(-c2ccoc2Br)c1-c1ccc(F)cc1Cl. The molecular weight excluding hydrogens is 351 g/mol. The van der Waals surface area contributed by atoms with Gasteiger partial charge in [0.2, 0.25) is 0 Å². The van der Waals surface area contributed by atoms with Crippen molar-refractivity contribution in [1.82, 2.24) is 5.16 Å². The highest BCUT2D eigenvalue weighted by atomic mass is 79.9. The Labute approximate surface area is 126 Å². The normalized spacial score (nSPS) is 10.9. The van der Waals surface area contributed by atoms with Crippen molar-refractivity contribution in [2.45, 2.75) is 0 Å². The summed E-state index contributed by atoms with van der Waals surface area (Å²) in [7, 11) is 0. The van der Waals surface area contributed by atoms with Gasteiger partial charge in [0.1, 0.15) is 5.82 Å². The molecule has 102 valence electrons. The molecular formula is C13H7BrClFN2O2. The molecule has 2 aromatic heterocycles. The van der Waals surface area contributed by atoms with Gasteiger partial charge in [-0.2, -0.15) is 0 Å². The van der Waals surface area contributed by atoms with Gasteiger partial charge in [0.25, 0.3) is 0 Å². The van der Waals surface area contributed by atoms with E-state index in [9.17, 15) is 4.39 Å². The van der Waals surface area contributed by atoms with Crippen LogP contribution in [-0.4, -0.2) is 5.16 Å². The van der Waals surface area contributed by atoms with E-state index in [1.54, 1.807) is 6.07 Å². The molecule has 0 saturated carbocycles. The van der Waals surface area contributed by atoms with Gasteiger partial charge >= 0.3 is 0 Å². The van der Waals surface area contributed by atoms with E-state index < -0.39 is 5.82 Å². The van der Waals surface area contributed by atoms with E-state index in [-0.39, 0.29) is 10.8 Å². The number of nitrogens with two attached hydrogens (primary N) is 1. The van der Waals surface area contributed by atoms with Crippen LogP contribution >= 0.6 is 27.5 Å². The Balaban J connectivity index is 2.24. The minimum absolute atomic E-state index is 0.168. The van der Waals surface area contributed by atoms with Crippen LogP contribution in [0.15, 0.2) is 44.1 Å². The van der Waals surface area contributed by atoms with Crippen molar-refractivity contribution < 1.29 is 13.3 Å². The smallest absolute Gasteiger partial charge is 0.181 e. The van der Waals surface area contributed by atoms with Gasteiger partial charge in [0.05, 0.1) is 22.4 Å². The summed E-state index contributed by atoms with van der Waals surface area (Å²) in [5.41, 5.74) is 7.51. The zero-order valence-corrected chi connectivity index (χ0v) is 12.2. The number of benzene rings is 1. The number of anilines is 1. The lowest BCUT2D eigenvalue weighted by Crippen LogP contribution is -1.90. The number of rotatable bonds is 2. The Hall–Kier alpha value is -1.79. The number of hydrogen-bond donors (Lipinski definition) is 1. The van der Waals surface area contributed by atoms with E-state index in [1.165, 1.54) is 24.5 Å². The topological polar surface area (TPSA) is 65.2 Å². The Bertz CT molecular complexity index is 785. The van der Waals surface area contributed by atoms with Crippen LogP contribution in [0.3, 0.4) is 0 Å². The van der Waals surface area contributed by atoms with Crippen LogP contribution in [0, 0.1) is 5.82 Å². The third-order valence-corrected chi connectivity index (χ3v) is 3.71. The molecule has 0 bridgehead atoms. The predicted octanol–water partition coefficient (Wildman–Crippen LogP) is 4.74. The molecule has 0 amide bonds. The molecule has 4 nitrogen and oxygen atoms in total. The molecule has 0 saturated heterocycles. The van der Waals surface area contributed by atoms with Crippen molar-refractivity contribution >= 4 is 33.3 Å². The second kappa shape index (κ2) is 4.96. The second-order valence-electron chi connectivity index (χ2n) is 4.00. The Morgan fingerprint density at radius 2 is 2.05 bits per heavy atom. The molecule has 3 aromatic rings. The molecule has 2 N–H and O–H groups in total. The van der Waals surface area contributed by atoms with Gasteiger partial charge < -0.3 is 14.7 Å². The molecule has 7 heteroatoms. The second-order valence-corrected chi connectivity index (χ2v) is 5.13. The molecule has 0 aliphatic carbocycles.